The van der Waals surface area contributed by atoms with Crippen LogP contribution in [0, 0.1) is 5.41 Å². The molecule has 4 rings (SSSR count). The summed E-state index contributed by atoms with van der Waals surface area (Å²) in [5.41, 5.74) is 2.38. The average Bonchev–Trinajstić information content (AvgIpc) is 3.41. The molecule has 0 radical (unpaired) electrons. The van der Waals surface area contributed by atoms with Crippen LogP contribution in [0.4, 0.5) is 0 Å². The predicted molar refractivity (Wildman–Crippen MR) is 100 cm³/mol. The Labute approximate surface area is 154 Å². The lowest BCUT2D eigenvalue weighted by Gasteiger charge is -2.32. The number of piperidine rings is 1. The van der Waals surface area contributed by atoms with Gasteiger partial charge in [0, 0.05) is 18.7 Å². The quantitative estimate of drug-likeness (QED) is 0.888. The van der Waals surface area contributed by atoms with Gasteiger partial charge in [0.15, 0.2) is 0 Å². The Bertz CT molecular complexity index is 773. The number of rotatable bonds is 5. The van der Waals surface area contributed by atoms with Crippen molar-refractivity contribution in [3.05, 3.63) is 59.7 Å². The van der Waals surface area contributed by atoms with Crippen molar-refractivity contribution in [3.63, 3.8) is 0 Å². The first kappa shape index (κ1) is 17.0. The molecule has 1 saturated carbocycles. The fourth-order valence-electron chi connectivity index (χ4n) is 3.76. The van der Waals surface area contributed by atoms with E-state index in [0.717, 1.165) is 37.1 Å². The SMILES string of the molecule is O=C(Cc1cc(O)ccc1OCc1ccccc1)N1CCC2(CC1)CC2. The molecule has 1 spiro atoms. The molecule has 1 saturated heterocycles. The van der Waals surface area contributed by atoms with Gasteiger partial charge in [0.25, 0.3) is 0 Å². The van der Waals surface area contributed by atoms with Gasteiger partial charge in [-0.25, -0.2) is 0 Å². The largest absolute Gasteiger partial charge is 0.508 e. The lowest BCUT2D eigenvalue weighted by Crippen LogP contribution is -2.39. The number of nitrogens with zero attached hydrogens (tertiary/aromatic N) is 1. The Morgan fingerprint density at radius 1 is 1.04 bits per heavy atom. The topological polar surface area (TPSA) is 49.8 Å². The first-order chi connectivity index (χ1) is 12.6. The minimum atomic E-state index is 0.121. The molecule has 1 aliphatic carbocycles. The maximum absolute atomic E-state index is 12.7. The van der Waals surface area contributed by atoms with Gasteiger partial charge in [0.2, 0.25) is 5.91 Å². The van der Waals surface area contributed by atoms with Crippen molar-refractivity contribution < 1.29 is 14.6 Å². The van der Waals surface area contributed by atoms with E-state index in [0.29, 0.717) is 17.8 Å². The number of benzene rings is 2. The van der Waals surface area contributed by atoms with Crippen LogP contribution in [0.1, 0.15) is 36.8 Å². The Morgan fingerprint density at radius 3 is 2.46 bits per heavy atom. The van der Waals surface area contributed by atoms with Gasteiger partial charge in [-0.2, -0.15) is 0 Å². The minimum Gasteiger partial charge on any atom is -0.508 e. The van der Waals surface area contributed by atoms with E-state index < -0.39 is 0 Å². The van der Waals surface area contributed by atoms with Crippen LogP contribution in [-0.4, -0.2) is 29.0 Å². The van der Waals surface area contributed by atoms with Crippen LogP contribution in [0.25, 0.3) is 0 Å². The number of phenols is 1. The number of likely N-dealkylation sites (tertiary alicyclic amines) is 1. The monoisotopic (exact) mass is 351 g/mol. The second-order valence-corrected chi connectivity index (χ2v) is 7.62. The van der Waals surface area contributed by atoms with Gasteiger partial charge in [-0.3, -0.25) is 4.79 Å². The molecule has 26 heavy (non-hydrogen) atoms. The molecule has 0 bridgehead atoms. The molecule has 2 aromatic rings. The zero-order valence-electron chi connectivity index (χ0n) is 15.0. The second-order valence-electron chi connectivity index (χ2n) is 7.62. The van der Waals surface area contributed by atoms with Crippen molar-refractivity contribution in [1.82, 2.24) is 4.90 Å². The van der Waals surface area contributed by atoms with E-state index in [9.17, 15) is 9.90 Å². The molecule has 4 heteroatoms. The minimum absolute atomic E-state index is 0.121. The zero-order chi connectivity index (χ0) is 18.0. The number of carbonyl (C=O) groups excluding carboxylic acids is 1. The van der Waals surface area contributed by atoms with Gasteiger partial charge in [0.05, 0.1) is 6.42 Å². The summed E-state index contributed by atoms with van der Waals surface area (Å²) in [6.07, 6.45) is 5.20. The molecular weight excluding hydrogens is 326 g/mol. The predicted octanol–water partition coefficient (Wildman–Crippen LogP) is 3.92. The number of phenolic OH excluding ortho intramolecular Hbond substituents is 1. The van der Waals surface area contributed by atoms with Crippen molar-refractivity contribution in [2.75, 3.05) is 13.1 Å². The van der Waals surface area contributed by atoms with Gasteiger partial charge < -0.3 is 14.7 Å². The van der Waals surface area contributed by atoms with Crippen LogP contribution < -0.4 is 4.74 Å². The first-order valence-corrected chi connectivity index (χ1v) is 9.40. The smallest absolute Gasteiger partial charge is 0.227 e. The van der Waals surface area contributed by atoms with Gasteiger partial charge >= 0.3 is 0 Å². The molecule has 0 atom stereocenters. The summed E-state index contributed by atoms with van der Waals surface area (Å²) in [5, 5.41) is 9.84. The second kappa shape index (κ2) is 7.02. The summed E-state index contributed by atoms with van der Waals surface area (Å²) in [6, 6.07) is 14.9. The van der Waals surface area contributed by atoms with Crippen LogP contribution in [0.5, 0.6) is 11.5 Å². The number of hydrogen-bond acceptors (Lipinski definition) is 3. The normalized spacial score (nSPS) is 17.9. The number of carbonyl (C=O) groups is 1. The molecule has 4 nitrogen and oxygen atoms in total. The molecule has 2 aromatic carbocycles. The molecule has 1 aliphatic heterocycles. The van der Waals surface area contributed by atoms with Crippen molar-refractivity contribution in [3.8, 4) is 11.5 Å². The van der Waals surface area contributed by atoms with E-state index in [1.807, 2.05) is 35.2 Å². The number of aromatic hydroxyl groups is 1. The standard InChI is InChI=1S/C22H25NO3/c24-19-6-7-20(26-16-17-4-2-1-3-5-17)18(14-19)15-21(25)23-12-10-22(8-9-22)11-13-23/h1-7,14,24H,8-13,15-16H2. The lowest BCUT2D eigenvalue weighted by molar-refractivity contribution is -0.132. The average molecular weight is 351 g/mol. The molecule has 0 aromatic heterocycles. The van der Waals surface area contributed by atoms with Crippen LogP contribution >= 0.6 is 0 Å². The summed E-state index contributed by atoms with van der Waals surface area (Å²) in [4.78, 5) is 14.7. The summed E-state index contributed by atoms with van der Waals surface area (Å²) < 4.78 is 5.93. The van der Waals surface area contributed by atoms with Gasteiger partial charge in [-0.15, -0.1) is 0 Å². The van der Waals surface area contributed by atoms with E-state index in [-0.39, 0.29) is 18.1 Å². The highest BCUT2D eigenvalue weighted by Crippen LogP contribution is 2.53. The van der Waals surface area contributed by atoms with Crippen LogP contribution in [-0.2, 0) is 17.8 Å². The lowest BCUT2D eigenvalue weighted by atomic mass is 9.93. The van der Waals surface area contributed by atoms with E-state index in [4.69, 9.17) is 4.74 Å². The fraction of sp³-hybridized carbons (Fsp3) is 0.409. The molecule has 1 amide bonds. The number of amides is 1. The van der Waals surface area contributed by atoms with E-state index in [2.05, 4.69) is 0 Å². The Morgan fingerprint density at radius 2 is 1.77 bits per heavy atom. The Kier molecular flexibility index (Phi) is 4.58. The molecule has 136 valence electrons. The van der Waals surface area contributed by atoms with Crippen LogP contribution in [0.2, 0.25) is 0 Å². The molecule has 2 aliphatic rings. The molecule has 1 heterocycles. The molecular formula is C22H25NO3. The van der Waals surface area contributed by atoms with Gasteiger partial charge in [-0.05, 0) is 54.9 Å². The van der Waals surface area contributed by atoms with Crippen LogP contribution in [0.3, 0.4) is 0 Å². The van der Waals surface area contributed by atoms with E-state index in [1.54, 1.807) is 18.2 Å². The summed E-state index contributed by atoms with van der Waals surface area (Å²) >= 11 is 0. The molecule has 1 N–H and O–H groups in total. The zero-order valence-corrected chi connectivity index (χ0v) is 15.0. The Hall–Kier alpha value is -2.49. The van der Waals surface area contributed by atoms with E-state index in [1.165, 1.54) is 12.8 Å². The highest BCUT2D eigenvalue weighted by Gasteiger charge is 2.45. The highest BCUT2D eigenvalue weighted by molar-refractivity contribution is 5.79. The maximum atomic E-state index is 12.7. The maximum Gasteiger partial charge on any atom is 0.227 e. The summed E-state index contributed by atoms with van der Waals surface area (Å²) in [5.74, 6) is 0.946. The number of ether oxygens (including phenoxy) is 1. The van der Waals surface area contributed by atoms with E-state index >= 15 is 0 Å². The summed E-state index contributed by atoms with van der Waals surface area (Å²) in [7, 11) is 0. The van der Waals surface area contributed by atoms with Crippen molar-refractivity contribution in [1.29, 1.82) is 0 Å². The van der Waals surface area contributed by atoms with Gasteiger partial charge in [0.1, 0.15) is 18.1 Å². The van der Waals surface area contributed by atoms with Crippen molar-refractivity contribution >= 4 is 5.91 Å². The molecule has 2 fully saturated rings. The highest BCUT2D eigenvalue weighted by atomic mass is 16.5. The third-order valence-corrected chi connectivity index (χ3v) is 5.76. The fourth-order valence-corrected chi connectivity index (χ4v) is 3.76. The van der Waals surface area contributed by atoms with Crippen molar-refractivity contribution in [2.45, 2.75) is 38.7 Å². The Balaban J connectivity index is 1.41. The number of hydrogen-bond donors (Lipinski definition) is 1. The van der Waals surface area contributed by atoms with Crippen molar-refractivity contribution in [2.24, 2.45) is 5.41 Å². The third kappa shape index (κ3) is 3.85. The molecule has 0 unspecified atom stereocenters. The third-order valence-electron chi connectivity index (χ3n) is 5.76. The van der Waals surface area contributed by atoms with Gasteiger partial charge in [-0.1, -0.05) is 30.3 Å². The van der Waals surface area contributed by atoms with Crippen LogP contribution in [0.15, 0.2) is 48.5 Å². The first-order valence-electron chi connectivity index (χ1n) is 9.40. The summed E-state index contributed by atoms with van der Waals surface area (Å²) in [6.45, 7) is 2.16.